The number of fused-ring (bicyclic) bond motifs is 1. The zero-order valence-corrected chi connectivity index (χ0v) is 15.5. The lowest BCUT2D eigenvalue weighted by Crippen LogP contribution is -2.39. The Hall–Kier alpha value is -2.15. The van der Waals surface area contributed by atoms with E-state index < -0.39 is 9.84 Å². The van der Waals surface area contributed by atoms with Gasteiger partial charge in [-0.1, -0.05) is 6.07 Å². The molecule has 6 nitrogen and oxygen atoms in total. The summed E-state index contributed by atoms with van der Waals surface area (Å²) in [6.07, 6.45) is 5.54. The summed E-state index contributed by atoms with van der Waals surface area (Å²) in [4.78, 5) is 12.7. The van der Waals surface area contributed by atoms with Crippen molar-refractivity contribution in [3.05, 3.63) is 47.3 Å². The number of aromatic nitrogens is 2. The summed E-state index contributed by atoms with van der Waals surface area (Å²) in [5, 5.41) is 7.48. The Kier molecular flexibility index (Phi) is 4.69. The fraction of sp³-hybridized carbons (Fsp3) is 0.444. The van der Waals surface area contributed by atoms with Gasteiger partial charge in [0.25, 0.3) is 5.91 Å². The first-order valence-corrected chi connectivity index (χ1v) is 10.3. The zero-order valence-electron chi connectivity index (χ0n) is 14.7. The van der Waals surface area contributed by atoms with E-state index in [0.29, 0.717) is 5.56 Å². The van der Waals surface area contributed by atoms with Gasteiger partial charge in [0.1, 0.15) is 0 Å². The quantitative estimate of drug-likeness (QED) is 0.905. The van der Waals surface area contributed by atoms with Gasteiger partial charge in [0.2, 0.25) is 0 Å². The maximum atomic E-state index is 12.5. The van der Waals surface area contributed by atoms with Crippen molar-refractivity contribution >= 4 is 15.7 Å². The van der Waals surface area contributed by atoms with Gasteiger partial charge in [0, 0.05) is 36.0 Å². The van der Waals surface area contributed by atoms with Crippen molar-refractivity contribution in [3.63, 3.8) is 0 Å². The molecule has 1 aliphatic carbocycles. The van der Waals surface area contributed by atoms with Crippen LogP contribution >= 0.6 is 0 Å². The van der Waals surface area contributed by atoms with Gasteiger partial charge in [-0.3, -0.25) is 9.48 Å². The molecule has 0 spiro atoms. The van der Waals surface area contributed by atoms with Gasteiger partial charge in [-0.15, -0.1) is 0 Å². The van der Waals surface area contributed by atoms with Crippen molar-refractivity contribution in [3.8, 4) is 0 Å². The molecule has 7 heteroatoms. The molecule has 1 aliphatic rings. The van der Waals surface area contributed by atoms with Crippen LogP contribution in [0.25, 0.3) is 0 Å². The maximum absolute atomic E-state index is 12.5. The minimum atomic E-state index is -3.33. The Balaban J connectivity index is 1.75. The third kappa shape index (κ3) is 3.76. The van der Waals surface area contributed by atoms with E-state index in [4.69, 9.17) is 0 Å². The standard InChI is InChI=1S/C18H23N3O3S/c1-12(2)21-17-10-15(8-7-14(17)11-19-21)20-18(22)13-5-4-6-16(9-13)25(3,23)24/h4-6,9,11-12,15H,7-8,10H2,1-3H3,(H,20,22)/t15-/m0/s1. The summed E-state index contributed by atoms with van der Waals surface area (Å²) in [5.41, 5.74) is 2.79. The van der Waals surface area contributed by atoms with E-state index in [-0.39, 0.29) is 22.9 Å². The number of nitrogens with zero attached hydrogens (tertiary/aromatic N) is 2. The van der Waals surface area contributed by atoms with Gasteiger partial charge in [0.05, 0.1) is 11.1 Å². The van der Waals surface area contributed by atoms with E-state index in [2.05, 4.69) is 24.3 Å². The van der Waals surface area contributed by atoms with E-state index in [9.17, 15) is 13.2 Å². The van der Waals surface area contributed by atoms with Gasteiger partial charge in [-0.2, -0.15) is 5.10 Å². The van der Waals surface area contributed by atoms with Gasteiger partial charge in [-0.05, 0) is 50.5 Å². The lowest BCUT2D eigenvalue weighted by molar-refractivity contribution is 0.0933. The first-order valence-electron chi connectivity index (χ1n) is 8.42. The molecule has 0 bridgehead atoms. The Bertz CT molecular complexity index is 900. The Morgan fingerprint density at radius 3 is 2.80 bits per heavy atom. The highest BCUT2D eigenvalue weighted by molar-refractivity contribution is 7.90. The van der Waals surface area contributed by atoms with Crippen molar-refractivity contribution in [2.75, 3.05) is 6.26 Å². The Morgan fingerprint density at radius 2 is 2.12 bits per heavy atom. The topological polar surface area (TPSA) is 81.1 Å². The van der Waals surface area contributed by atoms with Crippen LogP contribution in [0.2, 0.25) is 0 Å². The SMILES string of the molecule is CC(C)n1ncc2c1C[C@@H](NC(=O)c1cccc(S(C)(=O)=O)c1)CC2. The summed E-state index contributed by atoms with van der Waals surface area (Å²) in [7, 11) is -3.33. The number of carbonyl (C=O) groups excluding carboxylic acids is 1. The molecule has 0 saturated heterocycles. The molecule has 3 rings (SSSR count). The van der Waals surface area contributed by atoms with E-state index in [1.54, 1.807) is 12.1 Å². The second kappa shape index (κ2) is 6.63. The molecule has 0 saturated carbocycles. The number of hydrogen-bond donors (Lipinski definition) is 1. The lowest BCUT2D eigenvalue weighted by atomic mass is 9.93. The summed E-state index contributed by atoms with van der Waals surface area (Å²) in [6, 6.07) is 6.47. The maximum Gasteiger partial charge on any atom is 0.251 e. The molecule has 0 aliphatic heterocycles. The summed E-state index contributed by atoms with van der Waals surface area (Å²) < 4.78 is 25.3. The van der Waals surface area contributed by atoms with Crippen LogP contribution in [0.3, 0.4) is 0 Å². The van der Waals surface area contributed by atoms with Gasteiger partial charge in [0.15, 0.2) is 9.84 Å². The summed E-state index contributed by atoms with van der Waals surface area (Å²) in [6.45, 7) is 4.18. The minimum absolute atomic E-state index is 0.0242. The molecule has 1 aromatic heterocycles. The predicted octanol–water partition coefficient (Wildman–Crippen LogP) is 2.15. The Labute approximate surface area is 148 Å². The fourth-order valence-electron chi connectivity index (χ4n) is 3.23. The molecule has 0 radical (unpaired) electrons. The minimum Gasteiger partial charge on any atom is -0.349 e. The predicted molar refractivity (Wildman–Crippen MR) is 95.4 cm³/mol. The molecule has 0 fully saturated rings. The van der Waals surface area contributed by atoms with Gasteiger partial charge in [-0.25, -0.2) is 8.42 Å². The third-order valence-corrected chi connectivity index (χ3v) is 5.65. The first-order chi connectivity index (χ1) is 11.8. The van der Waals surface area contributed by atoms with Crippen LogP contribution in [0.1, 0.15) is 47.9 Å². The van der Waals surface area contributed by atoms with Crippen LogP contribution in [0, 0.1) is 0 Å². The molecule has 134 valence electrons. The number of hydrogen-bond acceptors (Lipinski definition) is 4. The molecule has 2 aromatic rings. The van der Waals surface area contributed by atoms with E-state index in [1.165, 1.54) is 23.4 Å². The largest absolute Gasteiger partial charge is 0.349 e. The van der Waals surface area contributed by atoms with Crippen LogP contribution in [-0.2, 0) is 22.7 Å². The first kappa shape index (κ1) is 17.7. The van der Waals surface area contributed by atoms with E-state index in [1.807, 2.05) is 10.9 Å². The summed E-state index contributed by atoms with van der Waals surface area (Å²) in [5.74, 6) is -0.241. The van der Waals surface area contributed by atoms with Crippen LogP contribution in [-0.4, -0.2) is 36.4 Å². The smallest absolute Gasteiger partial charge is 0.251 e. The van der Waals surface area contributed by atoms with Crippen molar-refractivity contribution in [1.82, 2.24) is 15.1 Å². The number of nitrogens with one attached hydrogen (secondary N) is 1. The highest BCUT2D eigenvalue weighted by atomic mass is 32.2. The molecule has 1 heterocycles. The molecule has 0 unspecified atom stereocenters. The molecule has 1 amide bonds. The molecule has 1 atom stereocenters. The zero-order chi connectivity index (χ0) is 18.2. The van der Waals surface area contributed by atoms with Crippen molar-refractivity contribution in [2.45, 2.75) is 50.1 Å². The second-order valence-corrected chi connectivity index (χ2v) is 8.88. The Morgan fingerprint density at radius 1 is 1.36 bits per heavy atom. The monoisotopic (exact) mass is 361 g/mol. The number of benzene rings is 1. The number of aryl methyl sites for hydroxylation is 1. The van der Waals surface area contributed by atoms with Crippen molar-refractivity contribution < 1.29 is 13.2 Å². The second-order valence-electron chi connectivity index (χ2n) is 6.87. The van der Waals surface area contributed by atoms with Crippen molar-refractivity contribution in [1.29, 1.82) is 0 Å². The van der Waals surface area contributed by atoms with Gasteiger partial charge < -0.3 is 5.32 Å². The highest BCUT2D eigenvalue weighted by Crippen LogP contribution is 2.24. The molecule has 1 N–H and O–H groups in total. The van der Waals surface area contributed by atoms with E-state index >= 15 is 0 Å². The van der Waals surface area contributed by atoms with Crippen LogP contribution in [0.15, 0.2) is 35.4 Å². The average molecular weight is 361 g/mol. The molecule has 25 heavy (non-hydrogen) atoms. The van der Waals surface area contributed by atoms with Crippen LogP contribution < -0.4 is 5.32 Å². The average Bonchev–Trinajstić information content (AvgIpc) is 2.97. The summed E-state index contributed by atoms with van der Waals surface area (Å²) >= 11 is 0. The fourth-order valence-corrected chi connectivity index (χ4v) is 3.89. The number of sulfone groups is 1. The van der Waals surface area contributed by atoms with Crippen molar-refractivity contribution in [2.24, 2.45) is 0 Å². The van der Waals surface area contributed by atoms with Crippen LogP contribution in [0.4, 0.5) is 0 Å². The lowest BCUT2D eigenvalue weighted by Gasteiger charge is -2.25. The normalized spacial score (nSPS) is 17.4. The number of carbonyl (C=O) groups is 1. The van der Waals surface area contributed by atoms with Crippen LogP contribution in [0.5, 0.6) is 0 Å². The third-order valence-electron chi connectivity index (χ3n) is 4.54. The van der Waals surface area contributed by atoms with E-state index in [0.717, 1.165) is 25.5 Å². The molecule has 1 aromatic carbocycles. The highest BCUT2D eigenvalue weighted by Gasteiger charge is 2.25. The number of amides is 1. The molecular formula is C18H23N3O3S. The molecular weight excluding hydrogens is 338 g/mol. The number of rotatable bonds is 4. The van der Waals surface area contributed by atoms with Gasteiger partial charge >= 0.3 is 0 Å².